The molecule has 6 rings (SSSR count). The summed E-state index contributed by atoms with van der Waals surface area (Å²) in [6.07, 6.45) is 3.77. The van der Waals surface area contributed by atoms with Gasteiger partial charge in [0.05, 0.1) is 35.5 Å². The van der Waals surface area contributed by atoms with Gasteiger partial charge in [-0.05, 0) is 85.8 Å². The van der Waals surface area contributed by atoms with Crippen LogP contribution in [0.4, 0.5) is 5.13 Å². The second kappa shape index (κ2) is 12.0. The number of hydrogen-bond acceptors (Lipinski definition) is 8. The minimum absolute atomic E-state index is 0.00672. The molecule has 2 aliphatic heterocycles. The molecule has 228 valence electrons. The molecular weight excluding hydrogens is 576 g/mol. The summed E-state index contributed by atoms with van der Waals surface area (Å²) in [6, 6.07) is 13.8. The number of nitrogens with zero attached hydrogens (tertiary/aromatic N) is 2. The van der Waals surface area contributed by atoms with E-state index in [0.717, 1.165) is 51.9 Å². The van der Waals surface area contributed by atoms with Gasteiger partial charge in [-0.1, -0.05) is 43.2 Å². The maximum atomic E-state index is 13.8. The number of aryl methyl sites for hydroxylation is 2. The number of carbonyl (C=O) groups is 2. The lowest BCUT2D eigenvalue weighted by Crippen LogP contribution is -2.29. The number of aliphatic hydroxyl groups is 1. The van der Waals surface area contributed by atoms with Gasteiger partial charge in [-0.15, -0.1) is 0 Å². The zero-order valence-corrected chi connectivity index (χ0v) is 26.4. The molecule has 3 heterocycles. The Balaban J connectivity index is 1.50. The normalized spacial score (nSPS) is 19.0. The number of ketones is 1. The summed E-state index contributed by atoms with van der Waals surface area (Å²) in [5.74, 6) is 0.0356. The van der Waals surface area contributed by atoms with Crippen LogP contribution in [-0.4, -0.2) is 41.6 Å². The Morgan fingerprint density at radius 1 is 1.09 bits per heavy atom. The lowest BCUT2D eigenvalue weighted by atomic mass is 9.94. The van der Waals surface area contributed by atoms with Crippen LogP contribution in [0.3, 0.4) is 0 Å². The summed E-state index contributed by atoms with van der Waals surface area (Å²) in [5.41, 5.74) is 4.81. The van der Waals surface area contributed by atoms with Crippen molar-refractivity contribution >= 4 is 44.1 Å². The van der Waals surface area contributed by atoms with Crippen molar-refractivity contribution in [1.29, 1.82) is 0 Å². The number of unbranched alkanes of at least 4 members (excludes halogenated alkanes) is 2. The number of anilines is 1. The molecule has 1 aromatic heterocycles. The van der Waals surface area contributed by atoms with Crippen molar-refractivity contribution in [2.75, 3.05) is 18.6 Å². The van der Waals surface area contributed by atoms with E-state index >= 15 is 0 Å². The topological polar surface area (TPSA) is 98.2 Å². The van der Waals surface area contributed by atoms with E-state index in [0.29, 0.717) is 40.8 Å². The SMILES string of the molecule is CCCCCOc1ccc([C@H]2C(=C(O)c3ccc4c(c3)C[C@@H](C)O4)C(=O)C(=O)N2c2nc3c(C)cc(C)cc3s2)cc1OC. The summed E-state index contributed by atoms with van der Waals surface area (Å²) in [4.78, 5) is 33.9. The molecule has 0 bridgehead atoms. The van der Waals surface area contributed by atoms with E-state index in [-0.39, 0.29) is 17.4 Å². The fourth-order valence-corrected chi connectivity index (χ4v) is 7.21. The lowest BCUT2D eigenvalue weighted by molar-refractivity contribution is -0.132. The molecule has 1 amide bonds. The highest BCUT2D eigenvalue weighted by atomic mass is 32.1. The fourth-order valence-electron chi connectivity index (χ4n) is 6.04. The smallest absolute Gasteiger partial charge is 0.301 e. The van der Waals surface area contributed by atoms with Gasteiger partial charge < -0.3 is 19.3 Å². The average molecular weight is 613 g/mol. The van der Waals surface area contributed by atoms with Gasteiger partial charge in [0.2, 0.25) is 0 Å². The third kappa shape index (κ3) is 5.30. The van der Waals surface area contributed by atoms with Crippen molar-refractivity contribution in [3.8, 4) is 17.2 Å². The molecule has 2 aliphatic rings. The molecule has 9 heteroatoms. The van der Waals surface area contributed by atoms with Gasteiger partial charge in [0.25, 0.3) is 5.78 Å². The molecule has 0 saturated carbocycles. The molecule has 4 aromatic rings. The standard InChI is InChI=1S/C35H36N2O6S/c1-6-7-8-13-42-26-12-9-22(18-27(26)41-5)31-29(32(38)23-10-11-25-24(17-23)16-21(4)43-25)33(39)34(40)37(31)35-36-30-20(3)14-19(2)15-28(30)44-35/h9-12,14-15,17-18,21,31,38H,6-8,13,16H2,1-5H3/t21-,31+/m1/s1. The first-order valence-electron chi connectivity index (χ1n) is 15.0. The van der Waals surface area contributed by atoms with Crippen LogP contribution < -0.4 is 19.1 Å². The van der Waals surface area contributed by atoms with E-state index in [1.165, 1.54) is 16.2 Å². The molecule has 0 radical (unpaired) electrons. The van der Waals surface area contributed by atoms with E-state index in [9.17, 15) is 14.7 Å². The molecular formula is C35H36N2O6S. The first-order chi connectivity index (χ1) is 21.2. The van der Waals surface area contributed by atoms with Crippen LogP contribution in [0.1, 0.15) is 67.0 Å². The second-order valence-corrected chi connectivity index (χ2v) is 12.5. The number of benzene rings is 3. The van der Waals surface area contributed by atoms with Gasteiger partial charge in [-0.25, -0.2) is 4.98 Å². The van der Waals surface area contributed by atoms with E-state index < -0.39 is 17.7 Å². The Labute approximate surface area is 260 Å². The van der Waals surface area contributed by atoms with Crippen LogP contribution in [0.25, 0.3) is 16.0 Å². The number of carbonyl (C=O) groups excluding carboxylic acids is 2. The van der Waals surface area contributed by atoms with E-state index in [4.69, 9.17) is 19.2 Å². The zero-order chi connectivity index (χ0) is 31.1. The Hall–Kier alpha value is -4.37. The predicted molar refractivity (Wildman–Crippen MR) is 172 cm³/mol. The fraction of sp³-hybridized carbons (Fsp3) is 0.343. The molecule has 1 saturated heterocycles. The van der Waals surface area contributed by atoms with E-state index in [1.807, 2.05) is 45.0 Å². The molecule has 0 spiro atoms. The van der Waals surface area contributed by atoms with E-state index in [2.05, 4.69) is 6.92 Å². The number of aliphatic hydroxyl groups excluding tert-OH is 1. The number of ether oxygens (including phenoxy) is 3. The lowest BCUT2D eigenvalue weighted by Gasteiger charge is -2.24. The number of hydrogen-bond donors (Lipinski definition) is 1. The molecule has 1 fully saturated rings. The molecule has 0 aliphatic carbocycles. The summed E-state index contributed by atoms with van der Waals surface area (Å²) in [7, 11) is 1.56. The first kappa shape index (κ1) is 29.7. The molecule has 0 unspecified atom stereocenters. The maximum Gasteiger partial charge on any atom is 0.301 e. The first-order valence-corrected chi connectivity index (χ1v) is 15.8. The third-order valence-electron chi connectivity index (χ3n) is 8.15. The molecule has 3 aromatic carbocycles. The Morgan fingerprint density at radius 2 is 1.91 bits per heavy atom. The number of aromatic nitrogens is 1. The average Bonchev–Trinajstić information content (AvgIpc) is 3.67. The van der Waals surface area contributed by atoms with Crippen LogP contribution >= 0.6 is 11.3 Å². The van der Waals surface area contributed by atoms with Crippen molar-refractivity contribution in [3.63, 3.8) is 0 Å². The highest BCUT2D eigenvalue weighted by molar-refractivity contribution is 7.22. The number of methoxy groups -OCH3 is 1. The molecule has 2 atom stereocenters. The molecule has 1 N–H and O–H groups in total. The van der Waals surface area contributed by atoms with Gasteiger partial charge in [-0.3, -0.25) is 14.5 Å². The summed E-state index contributed by atoms with van der Waals surface area (Å²) in [5, 5.41) is 12.1. The van der Waals surface area contributed by atoms with Crippen molar-refractivity contribution in [1.82, 2.24) is 4.98 Å². The summed E-state index contributed by atoms with van der Waals surface area (Å²) in [6.45, 7) is 8.66. The van der Waals surface area contributed by atoms with Gasteiger partial charge in [-0.2, -0.15) is 0 Å². The van der Waals surface area contributed by atoms with Crippen LogP contribution in [-0.2, 0) is 16.0 Å². The summed E-state index contributed by atoms with van der Waals surface area (Å²) >= 11 is 1.35. The largest absolute Gasteiger partial charge is 0.507 e. The predicted octanol–water partition coefficient (Wildman–Crippen LogP) is 7.44. The Morgan fingerprint density at radius 3 is 2.68 bits per heavy atom. The maximum absolute atomic E-state index is 13.8. The molecule has 8 nitrogen and oxygen atoms in total. The van der Waals surface area contributed by atoms with Gasteiger partial charge in [0.15, 0.2) is 16.6 Å². The highest BCUT2D eigenvalue weighted by Crippen LogP contribution is 2.46. The highest BCUT2D eigenvalue weighted by Gasteiger charge is 2.48. The van der Waals surface area contributed by atoms with Crippen molar-refractivity contribution in [2.45, 2.75) is 65.5 Å². The van der Waals surface area contributed by atoms with E-state index in [1.54, 1.807) is 31.4 Å². The Kier molecular flexibility index (Phi) is 8.07. The van der Waals surface area contributed by atoms with Crippen LogP contribution in [0.2, 0.25) is 0 Å². The van der Waals surface area contributed by atoms with Crippen molar-refractivity contribution in [2.24, 2.45) is 0 Å². The molecule has 44 heavy (non-hydrogen) atoms. The van der Waals surface area contributed by atoms with Crippen LogP contribution in [0.5, 0.6) is 17.2 Å². The van der Waals surface area contributed by atoms with Crippen molar-refractivity contribution < 1.29 is 28.9 Å². The van der Waals surface area contributed by atoms with Crippen molar-refractivity contribution in [3.05, 3.63) is 81.9 Å². The van der Waals surface area contributed by atoms with Crippen LogP contribution in [0.15, 0.2) is 54.1 Å². The number of Topliss-reactive ketones (excluding diaryl/α,β-unsaturated/α-hetero) is 1. The second-order valence-electron chi connectivity index (χ2n) is 11.5. The monoisotopic (exact) mass is 612 g/mol. The quantitative estimate of drug-likeness (QED) is 0.0908. The number of rotatable bonds is 9. The minimum atomic E-state index is -0.941. The number of amides is 1. The number of thiazole rings is 1. The Bertz CT molecular complexity index is 1810. The third-order valence-corrected chi connectivity index (χ3v) is 9.15. The van der Waals surface area contributed by atoms with Gasteiger partial charge in [0.1, 0.15) is 17.6 Å². The van der Waals surface area contributed by atoms with Gasteiger partial charge >= 0.3 is 5.91 Å². The summed E-state index contributed by atoms with van der Waals surface area (Å²) < 4.78 is 18.5. The number of fused-ring (bicyclic) bond motifs is 2. The van der Waals surface area contributed by atoms with Gasteiger partial charge in [0, 0.05) is 12.0 Å². The minimum Gasteiger partial charge on any atom is -0.507 e. The van der Waals surface area contributed by atoms with Crippen LogP contribution in [0, 0.1) is 13.8 Å². The zero-order valence-electron chi connectivity index (χ0n) is 25.6.